The lowest BCUT2D eigenvalue weighted by atomic mass is 10.2. The van der Waals surface area contributed by atoms with Gasteiger partial charge in [0.15, 0.2) is 11.5 Å². The highest BCUT2D eigenvalue weighted by Gasteiger charge is 2.10. The maximum Gasteiger partial charge on any atom is 0.387 e. The lowest BCUT2D eigenvalue weighted by Gasteiger charge is -2.10. The molecule has 3 aromatic rings. The first-order chi connectivity index (χ1) is 13.5. The summed E-state index contributed by atoms with van der Waals surface area (Å²) in [6, 6.07) is 11.8. The van der Waals surface area contributed by atoms with Crippen LogP contribution in [-0.4, -0.2) is 24.6 Å². The quantitative estimate of drug-likeness (QED) is 0.561. The Morgan fingerprint density at radius 3 is 2.61 bits per heavy atom. The molecular formula is C20H16F2N2O3S. The molecule has 0 atom stereocenters. The van der Waals surface area contributed by atoms with Crippen molar-refractivity contribution in [1.82, 2.24) is 4.98 Å². The van der Waals surface area contributed by atoms with Crippen LogP contribution < -0.4 is 14.8 Å². The molecule has 2 aromatic carbocycles. The first-order valence-corrected chi connectivity index (χ1v) is 9.05. The molecule has 144 valence electrons. The average molecular weight is 402 g/mol. The van der Waals surface area contributed by atoms with Crippen LogP contribution >= 0.6 is 11.3 Å². The summed E-state index contributed by atoms with van der Waals surface area (Å²) in [7, 11) is 1.35. The van der Waals surface area contributed by atoms with E-state index in [4.69, 9.17) is 4.74 Å². The van der Waals surface area contributed by atoms with E-state index >= 15 is 0 Å². The molecule has 5 nitrogen and oxygen atoms in total. The molecule has 3 rings (SSSR count). The summed E-state index contributed by atoms with van der Waals surface area (Å²) in [5.74, 6) is -0.242. The normalized spacial score (nSPS) is 11.0. The van der Waals surface area contributed by atoms with Crippen LogP contribution in [0.3, 0.4) is 0 Å². The first-order valence-electron chi connectivity index (χ1n) is 8.17. The van der Waals surface area contributed by atoms with Gasteiger partial charge in [-0.25, -0.2) is 4.98 Å². The minimum atomic E-state index is -2.94. The number of alkyl halides is 2. The van der Waals surface area contributed by atoms with E-state index in [2.05, 4.69) is 15.0 Å². The van der Waals surface area contributed by atoms with Gasteiger partial charge in [-0.1, -0.05) is 6.07 Å². The number of amides is 1. The predicted molar refractivity (Wildman–Crippen MR) is 105 cm³/mol. The van der Waals surface area contributed by atoms with Gasteiger partial charge >= 0.3 is 6.61 Å². The molecule has 0 bridgehead atoms. The molecular weight excluding hydrogens is 386 g/mol. The Balaban J connectivity index is 1.63. The van der Waals surface area contributed by atoms with Gasteiger partial charge in [0.25, 0.3) is 0 Å². The summed E-state index contributed by atoms with van der Waals surface area (Å²) in [5.41, 5.74) is 2.22. The number of thiazole rings is 1. The van der Waals surface area contributed by atoms with Crippen molar-refractivity contribution in [2.75, 3.05) is 12.4 Å². The Hall–Kier alpha value is -3.26. The Morgan fingerprint density at radius 1 is 1.18 bits per heavy atom. The molecule has 0 saturated heterocycles. The minimum Gasteiger partial charge on any atom is -0.493 e. The van der Waals surface area contributed by atoms with E-state index in [1.807, 2.05) is 17.5 Å². The predicted octanol–water partition coefficient (Wildman–Crippen LogP) is 5.07. The number of hydrogen-bond acceptors (Lipinski definition) is 5. The van der Waals surface area contributed by atoms with Crippen molar-refractivity contribution in [2.24, 2.45) is 0 Å². The molecule has 0 saturated carbocycles. The van der Waals surface area contributed by atoms with Crippen LogP contribution in [0.25, 0.3) is 16.6 Å². The number of anilines is 1. The number of carbonyl (C=O) groups is 1. The second kappa shape index (κ2) is 9.09. The fourth-order valence-electron chi connectivity index (χ4n) is 2.40. The summed E-state index contributed by atoms with van der Waals surface area (Å²) in [6.45, 7) is -2.94. The van der Waals surface area contributed by atoms with Crippen molar-refractivity contribution < 1.29 is 23.0 Å². The van der Waals surface area contributed by atoms with Crippen molar-refractivity contribution in [3.05, 3.63) is 65.7 Å². The number of nitrogens with zero attached hydrogens (tertiary/aromatic N) is 1. The molecule has 1 heterocycles. The standard InChI is InChI=1S/C20H16F2N2O3S/c1-26-17-12-13(2-8-16(17)27-20(21)22)3-9-18(25)24-15-6-4-14(5-7-15)19-23-10-11-28-19/h2-12,20H,1H3,(H,24,25)/b9-3+. The number of halogens is 2. The molecule has 8 heteroatoms. The average Bonchev–Trinajstić information content (AvgIpc) is 3.22. The van der Waals surface area contributed by atoms with Crippen molar-refractivity contribution in [3.63, 3.8) is 0 Å². The summed E-state index contributed by atoms with van der Waals surface area (Å²) in [5, 5.41) is 5.56. The topological polar surface area (TPSA) is 60.5 Å². The third-order valence-electron chi connectivity index (χ3n) is 3.66. The monoisotopic (exact) mass is 402 g/mol. The molecule has 1 N–H and O–H groups in total. The van der Waals surface area contributed by atoms with Gasteiger partial charge in [-0.15, -0.1) is 11.3 Å². The summed E-state index contributed by atoms with van der Waals surface area (Å²) in [4.78, 5) is 16.3. The van der Waals surface area contributed by atoms with Crippen LogP contribution in [0, 0.1) is 0 Å². The summed E-state index contributed by atoms with van der Waals surface area (Å²) >= 11 is 1.54. The molecule has 0 spiro atoms. The Bertz CT molecular complexity index is 958. The summed E-state index contributed by atoms with van der Waals surface area (Å²) in [6.07, 6.45) is 4.63. The molecule has 0 aliphatic rings. The third kappa shape index (κ3) is 5.14. The van der Waals surface area contributed by atoms with Crippen LogP contribution in [0.5, 0.6) is 11.5 Å². The zero-order valence-electron chi connectivity index (χ0n) is 14.8. The highest BCUT2D eigenvalue weighted by atomic mass is 32.1. The minimum absolute atomic E-state index is 0.0700. The highest BCUT2D eigenvalue weighted by molar-refractivity contribution is 7.13. The lowest BCUT2D eigenvalue weighted by molar-refractivity contribution is -0.111. The Labute approximate surface area is 164 Å². The van der Waals surface area contributed by atoms with E-state index in [1.165, 1.54) is 36.7 Å². The smallest absolute Gasteiger partial charge is 0.387 e. The second-order valence-electron chi connectivity index (χ2n) is 5.53. The number of methoxy groups -OCH3 is 1. The van der Waals surface area contributed by atoms with Crippen molar-refractivity contribution >= 4 is 29.0 Å². The molecule has 0 unspecified atom stereocenters. The van der Waals surface area contributed by atoms with E-state index < -0.39 is 6.61 Å². The molecule has 1 amide bonds. The van der Waals surface area contributed by atoms with E-state index in [-0.39, 0.29) is 17.4 Å². The first kappa shape index (κ1) is 19.5. The van der Waals surface area contributed by atoms with Gasteiger partial charge in [0.1, 0.15) is 5.01 Å². The van der Waals surface area contributed by atoms with Crippen LogP contribution in [0.1, 0.15) is 5.56 Å². The molecule has 0 fully saturated rings. The van der Waals surface area contributed by atoms with Gasteiger partial charge in [0.2, 0.25) is 5.91 Å². The molecule has 1 aromatic heterocycles. The van der Waals surface area contributed by atoms with Gasteiger partial charge in [0.05, 0.1) is 7.11 Å². The van der Waals surface area contributed by atoms with Crippen LogP contribution in [0.4, 0.5) is 14.5 Å². The van der Waals surface area contributed by atoms with Gasteiger partial charge in [0, 0.05) is 28.9 Å². The fraction of sp³-hybridized carbons (Fsp3) is 0.100. The van der Waals surface area contributed by atoms with E-state index in [0.717, 1.165) is 10.6 Å². The number of nitrogens with one attached hydrogen (secondary N) is 1. The van der Waals surface area contributed by atoms with Crippen molar-refractivity contribution in [2.45, 2.75) is 6.61 Å². The number of ether oxygens (including phenoxy) is 2. The molecule has 0 aliphatic carbocycles. The number of rotatable bonds is 7. The number of carbonyl (C=O) groups excluding carboxylic acids is 1. The van der Waals surface area contributed by atoms with E-state index in [1.54, 1.807) is 30.5 Å². The van der Waals surface area contributed by atoms with E-state index in [9.17, 15) is 13.6 Å². The van der Waals surface area contributed by atoms with E-state index in [0.29, 0.717) is 11.3 Å². The second-order valence-corrected chi connectivity index (χ2v) is 6.42. The number of benzene rings is 2. The SMILES string of the molecule is COc1cc(/C=C/C(=O)Nc2ccc(-c3nccs3)cc2)ccc1OC(F)F. The summed E-state index contributed by atoms with van der Waals surface area (Å²) < 4.78 is 34.1. The lowest BCUT2D eigenvalue weighted by Crippen LogP contribution is -2.07. The van der Waals surface area contributed by atoms with Gasteiger partial charge in [-0.3, -0.25) is 4.79 Å². The molecule has 0 radical (unpaired) electrons. The number of aromatic nitrogens is 1. The van der Waals surface area contributed by atoms with Gasteiger partial charge in [-0.05, 0) is 48.0 Å². The molecule has 28 heavy (non-hydrogen) atoms. The highest BCUT2D eigenvalue weighted by Crippen LogP contribution is 2.30. The Kier molecular flexibility index (Phi) is 6.33. The van der Waals surface area contributed by atoms with Crippen molar-refractivity contribution in [1.29, 1.82) is 0 Å². The number of hydrogen-bond donors (Lipinski definition) is 1. The zero-order chi connectivity index (χ0) is 19.9. The van der Waals surface area contributed by atoms with Crippen LogP contribution in [0.15, 0.2) is 60.1 Å². The van der Waals surface area contributed by atoms with Crippen LogP contribution in [-0.2, 0) is 4.79 Å². The van der Waals surface area contributed by atoms with Gasteiger partial charge in [-0.2, -0.15) is 8.78 Å². The van der Waals surface area contributed by atoms with Gasteiger partial charge < -0.3 is 14.8 Å². The fourth-order valence-corrected chi connectivity index (χ4v) is 3.04. The largest absolute Gasteiger partial charge is 0.493 e. The zero-order valence-corrected chi connectivity index (χ0v) is 15.6. The van der Waals surface area contributed by atoms with Crippen LogP contribution in [0.2, 0.25) is 0 Å². The van der Waals surface area contributed by atoms with Crippen molar-refractivity contribution in [3.8, 4) is 22.1 Å². The Morgan fingerprint density at radius 2 is 1.96 bits per heavy atom. The maximum absolute atomic E-state index is 12.4. The maximum atomic E-state index is 12.4. The molecule has 0 aliphatic heterocycles. The third-order valence-corrected chi connectivity index (χ3v) is 4.48.